The van der Waals surface area contributed by atoms with Crippen LogP contribution in [0.1, 0.15) is 25.7 Å². The Labute approximate surface area is 127 Å². The molecule has 2 rings (SSSR count). The zero-order valence-corrected chi connectivity index (χ0v) is 12.4. The van der Waals surface area contributed by atoms with Gasteiger partial charge in [0.2, 0.25) is 0 Å². The molecule has 0 aromatic heterocycles. The number of ether oxygens (including phenoxy) is 1. The van der Waals surface area contributed by atoms with Crippen molar-refractivity contribution in [1.29, 1.82) is 0 Å². The Morgan fingerprint density at radius 3 is 2.62 bits per heavy atom. The van der Waals surface area contributed by atoms with Crippen LogP contribution in [0.5, 0.6) is 0 Å². The molecule has 0 atom stereocenters. The van der Waals surface area contributed by atoms with Crippen LogP contribution in [0.25, 0.3) is 0 Å². The van der Waals surface area contributed by atoms with E-state index in [2.05, 4.69) is 5.32 Å². The first-order valence-electron chi connectivity index (χ1n) is 6.80. The van der Waals surface area contributed by atoms with Gasteiger partial charge in [-0.2, -0.15) is 0 Å². The summed E-state index contributed by atoms with van der Waals surface area (Å²) < 4.78 is 4.74. The number of esters is 1. The number of nitro groups is 1. The largest absolute Gasteiger partial charge is 0.469 e. The smallest absolute Gasteiger partial charge is 0.310 e. The third kappa shape index (κ3) is 3.64. The molecule has 0 radical (unpaired) electrons. The Hall–Kier alpha value is -1.82. The van der Waals surface area contributed by atoms with Gasteiger partial charge in [-0.1, -0.05) is 17.7 Å². The molecular weight excluding hydrogens is 296 g/mol. The van der Waals surface area contributed by atoms with Crippen LogP contribution in [0.3, 0.4) is 0 Å². The highest BCUT2D eigenvalue weighted by molar-refractivity contribution is 6.33. The predicted molar refractivity (Wildman–Crippen MR) is 79.5 cm³/mol. The first kappa shape index (κ1) is 15.6. The number of nitrogens with one attached hydrogen (secondary N) is 1. The minimum atomic E-state index is -0.481. The SMILES string of the molecule is COC(=O)[C@H]1CC[C@@H](Nc2cccc(Cl)c2[N+](=O)[O-])CC1. The summed E-state index contributed by atoms with van der Waals surface area (Å²) in [6.07, 6.45) is 2.98. The molecule has 6 nitrogen and oxygen atoms in total. The molecule has 1 fully saturated rings. The summed E-state index contributed by atoms with van der Waals surface area (Å²) in [6.45, 7) is 0. The zero-order chi connectivity index (χ0) is 15.4. The number of benzene rings is 1. The van der Waals surface area contributed by atoms with Crippen LogP contribution in [0.2, 0.25) is 5.02 Å². The molecule has 0 amide bonds. The number of methoxy groups -OCH3 is 1. The molecular formula is C14H17ClN2O4. The van der Waals surface area contributed by atoms with Crippen molar-refractivity contribution in [3.63, 3.8) is 0 Å². The molecule has 0 unspecified atom stereocenters. The van der Waals surface area contributed by atoms with Gasteiger partial charge in [0, 0.05) is 6.04 Å². The summed E-state index contributed by atoms with van der Waals surface area (Å²) in [6, 6.07) is 4.93. The summed E-state index contributed by atoms with van der Waals surface area (Å²) >= 11 is 5.88. The van der Waals surface area contributed by atoms with Gasteiger partial charge < -0.3 is 10.1 Å². The summed E-state index contributed by atoms with van der Waals surface area (Å²) in [7, 11) is 1.39. The second-order valence-corrected chi connectivity index (χ2v) is 5.52. The molecule has 1 aromatic rings. The van der Waals surface area contributed by atoms with Gasteiger partial charge in [0.15, 0.2) is 0 Å². The van der Waals surface area contributed by atoms with E-state index in [0.29, 0.717) is 5.69 Å². The quantitative estimate of drug-likeness (QED) is 0.523. The number of para-hydroxylation sites is 1. The van der Waals surface area contributed by atoms with Crippen LogP contribution in [0, 0.1) is 16.0 Å². The lowest BCUT2D eigenvalue weighted by Crippen LogP contribution is -2.30. The van der Waals surface area contributed by atoms with Gasteiger partial charge in [-0.3, -0.25) is 14.9 Å². The standard InChI is InChI=1S/C14H17ClN2O4/c1-21-14(18)9-5-7-10(8-6-9)16-12-4-2-3-11(15)13(12)17(19)20/h2-4,9-10,16H,5-8H2,1H3/t9-,10+. The van der Waals surface area contributed by atoms with Crippen molar-refractivity contribution in [3.05, 3.63) is 33.3 Å². The zero-order valence-electron chi connectivity index (χ0n) is 11.7. The minimum Gasteiger partial charge on any atom is -0.469 e. The van der Waals surface area contributed by atoms with Crippen molar-refractivity contribution >= 4 is 28.9 Å². The number of halogens is 1. The van der Waals surface area contributed by atoms with Gasteiger partial charge in [-0.25, -0.2) is 0 Å². The maximum atomic E-state index is 11.5. The van der Waals surface area contributed by atoms with E-state index in [1.54, 1.807) is 12.1 Å². The normalized spacial score (nSPS) is 21.6. The van der Waals surface area contributed by atoms with E-state index >= 15 is 0 Å². The number of rotatable bonds is 4. The Bertz CT molecular complexity index is 542. The van der Waals surface area contributed by atoms with Crippen molar-refractivity contribution in [2.24, 2.45) is 5.92 Å². The third-order valence-corrected chi connectivity index (χ3v) is 4.10. The lowest BCUT2D eigenvalue weighted by atomic mass is 9.86. The molecule has 0 aliphatic heterocycles. The maximum Gasteiger partial charge on any atom is 0.310 e. The van der Waals surface area contributed by atoms with Gasteiger partial charge >= 0.3 is 11.7 Å². The molecule has 1 aliphatic carbocycles. The minimum absolute atomic E-state index is 0.0672. The number of hydrogen-bond acceptors (Lipinski definition) is 5. The van der Waals surface area contributed by atoms with Gasteiger partial charge in [0.25, 0.3) is 0 Å². The molecule has 1 aliphatic rings. The van der Waals surface area contributed by atoms with Crippen LogP contribution < -0.4 is 5.32 Å². The highest BCUT2D eigenvalue weighted by atomic mass is 35.5. The van der Waals surface area contributed by atoms with E-state index in [4.69, 9.17) is 16.3 Å². The fourth-order valence-corrected chi connectivity index (χ4v) is 2.92. The Balaban J connectivity index is 2.03. The molecule has 7 heteroatoms. The van der Waals surface area contributed by atoms with Crippen molar-refractivity contribution in [1.82, 2.24) is 0 Å². The van der Waals surface area contributed by atoms with Crippen molar-refractivity contribution in [2.45, 2.75) is 31.7 Å². The Kier molecular flexibility index (Phi) is 5.01. The number of nitro benzene ring substituents is 1. The second kappa shape index (κ2) is 6.76. The average Bonchev–Trinajstić information content (AvgIpc) is 2.47. The fraction of sp³-hybridized carbons (Fsp3) is 0.500. The van der Waals surface area contributed by atoms with Crippen LogP contribution in [0.4, 0.5) is 11.4 Å². The summed E-state index contributed by atoms with van der Waals surface area (Å²) in [5.41, 5.74) is 0.322. The van der Waals surface area contributed by atoms with Gasteiger partial charge in [-0.05, 0) is 37.8 Å². The molecule has 1 saturated carbocycles. The number of hydrogen-bond donors (Lipinski definition) is 1. The number of nitrogens with zero attached hydrogens (tertiary/aromatic N) is 1. The lowest BCUT2D eigenvalue weighted by molar-refractivity contribution is -0.383. The molecule has 0 bridgehead atoms. The molecule has 1 N–H and O–H groups in total. The highest BCUT2D eigenvalue weighted by Crippen LogP contribution is 2.35. The molecule has 0 spiro atoms. The van der Waals surface area contributed by atoms with Gasteiger partial charge in [0.05, 0.1) is 18.0 Å². The van der Waals surface area contributed by atoms with Crippen LogP contribution in [-0.4, -0.2) is 24.0 Å². The van der Waals surface area contributed by atoms with Crippen LogP contribution in [0.15, 0.2) is 18.2 Å². The highest BCUT2D eigenvalue weighted by Gasteiger charge is 2.28. The van der Waals surface area contributed by atoms with Crippen molar-refractivity contribution in [2.75, 3.05) is 12.4 Å². The fourth-order valence-electron chi connectivity index (χ4n) is 2.68. The van der Waals surface area contributed by atoms with Crippen LogP contribution >= 0.6 is 11.6 Å². The number of carbonyl (C=O) groups excluding carboxylic acids is 1. The van der Waals surface area contributed by atoms with E-state index < -0.39 is 4.92 Å². The van der Waals surface area contributed by atoms with E-state index in [0.717, 1.165) is 25.7 Å². The first-order valence-corrected chi connectivity index (χ1v) is 7.18. The van der Waals surface area contributed by atoms with E-state index in [1.807, 2.05) is 0 Å². The molecule has 114 valence electrons. The number of carbonyl (C=O) groups is 1. The van der Waals surface area contributed by atoms with Crippen molar-refractivity contribution in [3.8, 4) is 0 Å². The summed E-state index contributed by atoms with van der Waals surface area (Å²) in [4.78, 5) is 22.1. The third-order valence-electron chi connectivity index (χ3n) is 3.79. The lowest BCUT2D eigenvalue weighted by Gasteiger charge is -2.28. The molecule has 1 aromatic carbocycles. The average molecular weight is 313 g/mol. The maximum absolute atomic E-state index is 11.5. The second-order valence-electron chi connectivity index (χ2n) is 5.11. The van der Waals surface area contributed by atoms with E-state index in [1.165, 1.54) is 13.2 Å². The monoisotopic (exact) mass is 312 g/mol. The van der Waals surface area contributed by atoms with Crippen molar-refractivity contribution < 1.29 is 14.5 Å². The number of anilines is 1. The summed E-state index contributed by atoms with van der Waals surface area (Å²) in [5, 5.41) is 14.4. The Morgan fingerprint density at radius 2 is 2.05 bits per heavy atom. The van der Waals surface area contributed by atoms with E-state index in [-0.39, 0.29) is 28.6 Å². The van der Waals surface area contributed by atoms with Gasteiger partial charge in [0.1, 0.15) is 10.7 Å². The topological polar surface area (TPSA) is 81.5 Å². The van der Waals surface area contributed by atoms with Gasteiger partial charge in [-0.15, -0.1) is 0 Å². The molecule has 0 heterocycles. The Morgan fingerprint density at radius 1 is 1.38 bits per heavy atom. The first-order chi connectivity index (χ1) is 10.0. The summed E-state index contributed by atoms with van der Waals surface area (Å²) in [5.74, 6) is -0.246. The molecule has 0 saturated heterocycles. The predicted octanol–water partition coefficient (Wildman–Crippen LogP) is 3.39. The van der Waals surface area contributed by atoms with Crippen LogP contribution in [-0.2, 0) is 9.53 Å². The molecule has 21 heavy (non-hydrogen) atoms. The van der Waals surface area contributed by atoms with E-state index in [9.17, 15) is 14.9 Å².